The third kappa shape index (κ3) is 3.05. The van der Waals surface area contributed by atoms with Crippen LogP contribution in [0.4, 0.5) is 0 Å². The molecule has 0 aliphatic carbocycles. The number of rotatable bonds is 5. The van der Waals surface area contributed by atoms with E-state index in [2.05, 4.69) is 10.1 Å². The van der Waals surface area contributed by atoms with E-state index in [1.807, 2.05) is 0 Å². The van der Waals surface area contributed by atoms with Crippen LogP contribution in [0.5, 0.6) is 0 Å². The van der Waals surface area contributed by atoms with Crippen molar-refractivity contribution < 1.29 is 18.8 Å². The highest BCUT2D eigenvalue weighted by molar-refractivity contribution is 5.96. The Balaban J connectivity index is 2.08. The van der Waals surface area contributed by atoms with E-state index in [0.29, 0.717) is 24.7 Å². The summed E-state index contributed by atoms with van der Waals surface area (Å²) in [4.78, 5) is 31.5. The van der Waals surface area contributed by atoms with Crippen LogP contribution >= 0.6 is 0 Å². The van der Waals surface area contributed by atoms with E-state index < -0.39 is 12.1 Å². The molecule has 2 amide bonds. The van der Waals surface area contributed by atoms with Crippen molar-refractivity contribution in [3.63, 3.8) is 0 Å². The third-order valence-electron chi connectivity index (χ3n) is 3.74. The van der Waals surface area contributed by atoms with Gasteiger partial charge in [-0.05, 0) is 13.8 Å². The lowest BCUT2D eigenvalue weighted by molar-refractivity contribution is -0.159. The molecule has 0 spiro atoms. The van der Waals surface area contributed by atoms with Crippen molar-refractivity contribution in [2.75, 3.05) is 20.8 Å². The predicted octanol–water partition coefficient (Wildman–Crippen LogP) is -0.164. The lowest BCUT2D eigenvalue weighted by Gasteiger charge is -2.40. The monoisotopic (exact) mass is 296 g/mol. The molecule has 116 valence electrons. The number of hydrogen-bond donors (Lipinski definition) is 0. The molecule has 2 atom stereocenters. The van der Waals surface area contributed by atoms with Crippen LogP contribution in [0.25, 0.3) is 0 Å². The van der Waals surface area contributed by atoms with Crippen LogP contribution in [-0.4, -0.2) is 64.6 Å². The van der Waals surface area contributed by atoms with E-state index in [0.717, 1.165) is 0 Å². The molecule has 0 bridgehead atoms. The highest BCUT2D eigenvalue weighted by atomic mass is 16.5. The molecule has 0 radical (unpaired) electrons. The zero-order chi connectivity index (χ0) is 15.6. The Hall–Kier alpha value is -1.96. The normalized spacial score (nSPS) is 23.0. The van der Waals surface area contributed by atoms with Crippen molar-refractivity contribution in [1.82, 2.24) is 19.9 Å². The van der Waals surface area contributed by atoms with Crippen molar-refractivity contribution in [1.29, 1.82) is 0 Å². The van der Waals surface area contributed by atoms with Gasteiger partial charge in [-0.2, -0.15) is 4.98 Å². The Morgan fingerprint density at radius 2 is 1.95 bits per heavy atom. The molecule has 1 aromatic heterocycles. The highest BCUT2D eigenvalue weighted by Crippen LogP contribution is 2.18. The minimum atomic E-state index is -0.534. The molecule has 0 unspecified atom stereocenters. The van der Waals surface area contributed by atoms with Gasteiger partial charge in [-0.15, -0.1) is 0 Å². The summed E-state index contributed by atoms with van der Waals surface area (Å²) in [5.41, 5.74) is 0. The minimum absolute atomic E-state index is 0.0961. The maximum absolute atomic E-state index is 12.3. The minimum Gasteiger partial charge on any atom is -0.384 e. The van der Waals surface area contributed by atoms with E-state index in [9.17, 15) is 9.59 Å². The first-order valence-corrected chi connectivity index (χ1v) is 6.83. The molecular weight excluding hydrogens is 276 g/mol. The molecule has 0 aromatic carbocycles. The predicted molar refractivity (Wildman–Crippen MR) is 72.1 cm³/mol. The van der Waals surface area contributed by atoms with E-state index in [4.69, 9.17) is 9.26 Å². The van der Waals surface area contributed by atoms with Gasteiger partial charge in [0.15, 0.2) is 5.82 Å². The average Bonchev–Trinajstić information content (AvgIpc) is 2.93. The van der Waals surface area contributed by atoms with Gasteiger partial charge in [-0.25, -0.2) is 0 Å². The van der Waals surface area contributed by atoms with Crippen molar-refractivity contribution in [2.45, 2.75) is 38.9 Å². The van der Waals surface area contributed by atoms with Crippen molar-refractivity contribution in [3.05, 3.63) is 11.7 Å². The summed E-state index contributed by atoms with van der Waals surface area (Å²) >= 11 is 0. The van der Waals surface area contributed by atoms with E-state index >= 15 is 0 Å². The summed E-state index contributed by atoms with van der Waals surface area (Å²) in [7, 11) is 3.23. The van der Waals surface area contributed by atoms with Gasteiger partial charge in [0.25, 0.3) is 0 Å². The second kappa shape index (κ2) is 6.21. The van der Waals surface area contributed by atoms with Crippen LogP contribution in [0, 0.1) is 0 Å². The van der Waals surface area contributed by atoms with Crippen LogP contribution in [0.1, 0.15) is 25.6 Å². The first kappa shape index (κ1) is 15.4. The number of methoxy groups -OCH3 is 1. The average molecular weight is 296 g/mol. The number of ether oxygens (including phenoxy) is 1. The van der Waals surface area contributed by atoms with Crippen LogP contribution in [-0.2, 0) is 27.3 Å². The van der Waals surface area contributed by atoms with E-state index in [1.165, 1.54) is 9.80 Å². The number of nitrogens with zero attached hydrogens (tertiary/aromatic N) is 4. The molecule has 21 heavy (non-hydrogen) atoms. The summed E-state index contributed by atoms with van der Waals surface area (Å²) in [6.45, 7) is 4.05. The lowest BCUT2D eigenvalue weighted by atomic mass is 10.1. The molecular formula is C13H20N4O4. The summed E-state index contributed by atoms with van der Waals surface area (Å²) in [5.74, 6) is 0.633. The van der Waals surface area contributed by atoms with Crippen molar-refractivity contribution in [3.8, 4) is 0 Å². The molecule has 8 heteroatoms. The fourth-order valence-electron chi connectivity index (χ4n) is 2.23. The molecule has 2 rings (SSSR count). The van der Waals surface area contributed by atoms with Crippen molar-refractivity contribution in [2.24, 2.45) is 0 Å². The number of amides is 2. The Morgan fingerprint density at radius 1 is 1.24 bits per heavy atom. The van der Waals surface area contributed by atoms with Gasteiger partial charge < -0.3 is 19.1 Å². The SMILES string of the molecule is COCCc1noc(CN2C(=O)[C@H](C)N(C)C(=O)[C@@H]2C)n1. The molecule has 0 N–H and O–H groups in total. The summed E-state index contributed by atoms with van der Waals surface area (Å²) < 4.78 is 10.1. The number of hydrogen-bond acceptors (Lipinski definition) is 6. The van der Waals surface area contributed by atoms with Gasteiger partial charge in [0.2, 0.25) is 17.7 Å². The number of piperazine rings is 1. The van der Waals surface area contributed by atoms with Crippen LogP contribution in [0.15, 0.2) is 4.52 Å². The number of aromatic nitrogens is 2. The summed E-state index contributed by atoms with van der Waals surface area (Å²) in [6.07, 6.45) is 0.543. The van der Waals surface area contributed by atoms with Gasteiger partial charge in [0, 0.05) is 20.6 Å². The Kier molecular flexibility index (Phi) is 4.56. The molecule has 1 aliphatic rings. The topological polar surface area (TPSA) is 88.8 Å². The highest BCUT2D eigenvalue weighted by Gasteiger charge is 2.40. The van der Waals surface area contributed by atoms with Crippen LogP contribution < -0.4 is 0 Å². The number of likely N-dealkylation sites (N-methyl/N-ethyl adjacent to an activating group) is 1. The second-order valence-corrected chi connectivity index (χ2v) is 5.11. The molecule has 2 heterocycles. The molecule has 1 fully saturated rings. The Bertz CT molecular complexity index is 530. The molecule has 1 saturated heterocycles. The smallest absolute Gasteiger partial charge is 0.246 e. The number of carbonyl (C=O) groups excluding carboxylic acids is 2. The quantitative estimate of drug-likeness (QED) is 0.750. The Morgan fingerprint density at radius 3 is 2.62 bits per heavy atom. The molecule has 8 nitrogen and oxygen atoms in total. The van der Waals surface area contributed by atoms with Gasteiger partial charge in [0.1, 0.15) is 18.6 Å². The van der Waals surface area contributed by atoms with Crippen LogP contribution in [0.2, 0.25) is 0 Å². The molecule has 1 aromatic rings. The zero-order valence-electron chi connectivity index (χ0n) is 12.7. The lowest BCUT2D eigenvalue weighted by Crippen LogP contribution is -2.61. The maximum atomic E-state index is 12.3. The first-order valence-electron chi connectivity index (χ1n) is 6.83. The van der Waals surface area contributed by atoms with Gasteiger partial charge in [-0.1, -0.05) is 5.16 Å². The fraction of sp³-hybridized carbons (Fsp3) is 0.692. The Labute approximate surface area is 123 Å². The first-order chi connectivity index (χ1) is 9.95. The third-order valence-corrected chi connectivity index (χ3v) is 3.74. The number of carbonyl (C=O) groups is 2. The maximum Gasteiger partial charge on any atom is 0.246 e. The van der Waals surface area contributed by atoms with Gasteiger partial charge >= 0.3 is 0 Å². The van der Waals surface area contributed by atoms with E-state index in [-0.39, 0.29) is 18.4 Å². The summed E-state index contributed by atoms with van der Waals surface area (Å²) in [6, 6.07) is -1.02. The second-order valence-electron chi connectivity index (χ2n) is 5.11. The van der Waals surface area contributed by atoms with Gasteiger partial charge in [-0.3, -0.25) is 9.59 Å². The molecule has 1 aliphatic heterocycles. The van der Waals surface area contributed by atoms with Crippen molar-refractivity contribution >= 4 is 11.8 Å². The molecule has 0 saturated carbocycles. The fourth-order valence-corrected chi connectivity index (χ4v) is 2.23. The zero-order valence-corrected chi connectivity index (χ0v) is 12.7. The summed E-state index contributed by atoms with van der Waals surface area (Å²) in [5, 5.41) is 3.82. The van der Waals surface area contributed by atoms with Gasteiger partial charge in [0.05, 0.1) is 6.61 Å². The largest absolute Gasteiger partial charge is 0.384 e. The van der Waals surface area contributed by atoms with E-state index in [1.54, 1.807) is 28.0 Å². The standard InChI is InChI=1S/C13H20N4O4/c1-8-13(19)17(9(2)12(18)16(8)3)7-11-14-10(15-21-11)5-6-20-4/h8-9H,5-7H2,1-4H3/t8-,9-/m0/s1. The van der Waals surface area contributed by atoms with Crippen LogP contribution in [0.3, 0.4) is 0 Å².